The number of halogens is 1. The second-order valence-corrected chi connectivity index (χ2v) is 14.9. The molecule has 1 aliphatic heterocycles. The van der Waals surface area contributed by atoms with Gasteiger partial charge in [-0.2, -0.15) is 4.58 Å². The van der Waals surface area contributed by atoms with Gasteiger partial charge in [0, 0.05) is 51.8 Å². The number of rotatable bonds is 17. The van der Waals surface area contributed by atoms with E-state index in [9.17, 15) is 0 Å². The van der Waals surface area contributed by atoms with Gasteiger partial charge in [0.15, 0.2) is 0 Å². The number of benzene rings is 4. The van der Waals surface area contributed by atoms with Gasteiger partial charge in [0.2, 0.25) is 11.4 Å². The van der Waals surface area contributed by atoms with Crippen molar-refractivity contribution in [2.24, 2.45) is 0 Å². The van der Waals surface area contributed by atoms with Crippen molar-refractivity contribution in [1.29, 1.82) is 0 Å². The minimum atomic E-state index is 0.922. The van der Waals surface area contributed by atoms with Crippen LogP contribution in [-0.2, 0) is 6.54 Å². The molecule has 5 aromatic rings. The number of aryl methyl sites for hydroxylation is 1. The summed E-state index contributed by atoms with van der Waals surface area (Å²) < 4.78 is 5.13. The first kappa shape index (κ1) is 34.6. The molecule has 0 bridgehead atoms. The van der Waals surface area contributed by atoms with Gasteiger partial charge in [-0.25, -0.2) is 0 Å². The zero-order chi connectivity index (χ0) is 34.3. The van der Waals surface area contributed by atoms with Crippen molar-refractivity contribution in [3.05, 3.63) is 118 Å². The molecule has 0 saturated carbocycles. The molecule has 2 nitrogen and oxygen atoms in total. The summed E-state index contributed by atoms with van der Waals surface area (Å²) in [6, 6.07) is 27.0. The quantitative estimate of drug-likeness (QED) is 0.0682. The molecule has 0 fully saturated rings. The molecule has 0 amide bonds. The van der Waals surface area contributed by atoms with E-state index in [1.54, 1.807) is 0 Å². The van der Waals surface area contributed by atoms with Crippen molar-refractivity contribution >= 4 is 61.5 Å². The van der Waals surface area contributed by atoms with E-state index in [4.69, 9.17) is 11.6 Å². The molecule has 1 aliphatic carbocycles. The summed E-state index contributed by atoms with van der Waals surface area (Å²) in [7, 11) is 0. The molecule has 2 aliphatic rings. The molecule has 50 heavy (non-hydrogen) atoms. The fourth-order valence-corrected chi connectivity index (χ4v) is 8.69. The summed E-state index contributed by atoms with van der Waals surface area (Å²) in [5.41, 5.74) is 7.84. The lowest BCUT2D eigenvalue weighted by Gasteiger charge is -2.07. The largest absolute Gasteiger partial charge is 0.340 e. The highest BCUT2D eigenvalue weighted by Gasteiger charge is 2.30. The van der Waals surface area contributed by atoms with Crippen LogP contribution in [0.1, 0.15) is 109 Å². The summed E-state index contributed by atoms with van der Waals surface area (Å²) in [4.78, 5) is 0. The van der Waals surface area contributed by atoms with Gasteiger partial charge in [-0.3, -0.25) is 0 Å². The normalized spacial score (nSPS) is 16.0. The van der Waals surface area contributed by atoms with Crippen molar-refractivity contribution < 1.29 is 4.58 Å². The first-order valence-corrected chi connectivity index (χ1v) is 20.0. The zero-order valence-corrected chi connectivity index (χ0v) is 31.1. The summed E-state index contributed by atoms with van der Waals surface area (Å²) in [6.07, 6.45) is 26.9. The molecule has 3 heteroatoms. The van der Waals surface area contributed by atoms with Crippen LogP contribution >= 0.6 is 11.6 Å². The van der Waals surface area contributed by atoms with E-state index in [2.05, 4.69) is 120 Å². The van der Waals surface area contributed by atoms with E-state index in [0.717, 1.165) is 31.0 Å². The molecule has 2 heterocycles. The third kappa shape index (κ3) is 7.15. The third-order valence-electron chi connectivity index (χ3n) is 11.1. The van der Waals surface area contributed by atoms with Gasteiger partial charge < -0.3 is 4.57 Å². The highest BCUT2D eigenvalue weighted by Crippen LogP contribution is 2.38. The van der Waals surface area contributed by atoms with E-state index < -0.39 is 0 Å². The maximum absolute atomic E-state index is 7.21. The van der Waals surface area contributed by atoms with Gasteiger partial charge in [-0.05, 0) is 65.8 Å². The fourth-order valence-electron chi connectivity index (χ4n) is 8.38. The monoisotopic (exact) mass is 681 g/mol. The summed E-state index contributed by atoms with van der Waals surface area (Å²) in [5.74, 6) is 0. The Kier molecular flexibility index (Phi) is 11.4. The average molecular weight is 682 g/mol. The smallest absolute Gasteiger partial charge is 0.214 e. The maximum atomic E-state index is 7.21. The second kappa shape index (κ2) is 16.4. The van der Waals surface area contributed by atoms with Crippen LogP contribution < -0.4 is 5.35 Å². The second-order valence-electron chi connectivity index (χ2n) is 14.5. The number of nitrogens with zero attached hydrogens (tertiary/aromatic N) is 2. The maximum Gasteiger partial charge on any atom is 0.214 e. The molecule has 4 aromatic carbocycles. The van der Waals surface area contributed by atoms with E-state index >= 15 is 0 Å². The van der Waals surface area contributed by atoms with E-state index in [1.165, 1.54) is 143 Å². The van der Waals surface area contributed by atoms with Crippen LogP contribution in [0.15, 0.2) is 107 Å². The molecule has 0 spiro atoms. The van der Waals surface area contributed by atoms with Gasteiger partial charge in [0.1, 0.15) is 6.54 Å². The van der Waals surface area contributed by atoms with E-state index in [-0.39, 0.29) is 0 Å². The minimum Gasteiger partial charge on any atom is -0.340 e. The Hall–Kier alpha value is -3.88. The Labute approximate surface area is 304 Å². The Balaban J connectivity index is 1.17. The summed E-state index contributed by atoms with van der Waals surface area (Å²) in [5, 5.41) is 8.99. The van der Waals surface area contributed by atoms with Crippen LogP contribution in [0.3, 0.4) is 0 Å². The lowest BCUT2D eigenvalue weighted by molar-refractivity contribution is -0.436. The topological polar surface area (TPSA) is 7.94 Å². The Morgan fingerprint density at radius 3 is 2.10 bits per heavy atom. The zero-order valence-electron chi connectivity index (χ0n) is 30.3. The highest BCUT2D eigenvalue weighted by atomic mass is 35.5. The van der Waals surface area contributed by atoms with Gasteiger partial charge in [-0.15, -0.1) is 0 Å². The molecule has 258 valence electrons. The Morgan fingerprint density at radius 2 is 1.32 bits per heavy atom. The first-order chi connectivity index (χ1) is 24.7. The molecule has 0 radical (unpaired) electrons. The Morgan fingerprint density at radius 1 is 0.660 bits per heavy atom. The highest BCUT2D eigenvalue weighted by molar-refractivity contribution is 6.33. The van der Waals surface area contributed by atoms with Crippen molar-refractivity contribution in [3.8, 4) is 0 Å². The van der Waals surface area contributed by atoms with E-state index in [0.29, 0.717) is 0 Å². The average Bonchev–Trinajstić information content (AvgIpc) is 3.76. The van der Waals surface area contributed by atoms with Gasteiger partial charge in [-0.1, -0.05) is 150 Å². The number of hydrogen-bond acceptors (Lipinski definition) is 0. The van der Waals surface area contributed by atoms with Gasteiger partial charge >= 0.3 is 0 Å². The Bertz CT molecular complexity index is 2140. The van der Waals surface area contributed by atoms with Crippen LogP contribution in [0.5, 0.6) is 0 Å². The molecule has 0 N–H and O–H groups in total. The molecular weight excluding hydrogens is 628 g/mol. The van der Waals surface area contributed by atoms with Crippen molar-refractivity contribution in [2.45, 2.75) is 110 Å². The number of aromatic nitrogens is 1. The van der Waals surface area contributed by atoms with Crippen LogP contribution in [0, 0.1) is 0 Å². The standard InChI is InChI=1S/C47H54ClN2/c1-3-5-7-9-11-13-33-49-41(39-23-15-19-35-21-17-25-43(49)45(35)39)31-29-37-27-28-38(47(37)48)30-32-42-40-24-16-20-36-22-18-26-44(46(36)40)50(42)34-14-12-10-8-6-4-2/h15-26,29-32H,3-14,27-28,33-34H2,1-2H3/q+1. The minimum absolute atomic E-state index is 0.922. The summed E-state index contributed by atoms with van der Waals surface area (Å²) in [6.45, 7) is 6.68. The number of unbranched alkanes of at least 4 members (excludes halogenated alkanes) is 10. The molecular formula is C47H54ClN2+. The number of allylic oxidation sites excluding steroid dienone is 6. The van der Waals surface area contributed by atoms with Crippen molar-refractivity contribution in [1.82, 2.24) is 4.57 Å². The van der Waals surface area contributed by atoms with Crippen molar-refractivity contribution in [2.75, 3.05) is 6.54 Å². The molecule has 0 saturated heterocycles. The van der Waals surface area contributed by atoms with Crippen molar-refractivity contribution in [3.63, 3.8) is 0 Å². The summed E-state index contributed by atoms with van der Waals surface area (Å²) >= 11 is 7.21. The van der Waals surface area contributed by atoms with Crippen LogP contribution in [0.25, 0.3) is 38.5 Å². The third-order valence-corrected chi connectivity index (χ3v) is 11.5. The molecule has 0 unspecified atom stereocenters. The predicted molar refractivity (Wildman–Crippen MR) is 218 cm³/mol. The first-order valence-electron chi connectivity index (χ1n) is 19.6. The van der Waals surface area contributed by atoms with E-state index in [1.807, 2.05) is 0 Å². The predicted octanol–water partition coefficient (Wildman–Crippen LogP) is 13.1. The molecule has 0 atom stereocenters. The molecule has 7 rings (SSSR count). The van der Waals surface area contributed by atoms with Crippen LogP contribution in [0.4, 0.5) is 5.69 Å². The van der Waals surface area contributed by atoms with Gasteiger partial charge in [0.05, 0.1) is 10.9 Å². The van der Waals surface area contributed by atoms with Gasteiger partial charge in [0.25, 0.3) is 0 Å². The SMILES string of the molecule is CCCCCCCCn1/c(=C\C=C2\CCC(/C=C/C3=[N+](CCCCCCCC)c4cccc5cccc3c45)=C2Cl)c2cccc3cccc1c32. The van der Waals surface area contributed by atoms with Crippen LogP contribution in [0.2, 0.25) is 0 Å². The fraction of sp³-hybridized carbons (Fsp3) is 0.383. The van der Waals surface area contributed by atoms with Crippen LogP contribution in [-0.4, -0.2) is 21.4 Å². The lowest BCUT2D eigenvalue weighted by atomic mass is 10.0. The number of hydrogen-bond donors (Lipinski definition) is 0. The molecule has 1 aromatic heterocycles. The lowest BCUT2D eigenvalue weighted by Crippen LogP contribution is -2.16.